The fourth-order valence-electron chi connectivity index (χ4n) is 3.73. The third-order valence-electron chi connectivity index (χ3n) is 5.50. The lowest BCUT2D eigenvalue weighted by atomic mass is 10.1. The van der Waals surface area contributed by atoms with E-state index < -0.39 is 23.6 Å². The Kier molecular flexibility index (Phi) is 6.82. The molecule has 0 aromatic carbocycles. The lowest BCUT2D eigenvalue weighted by molar-refractivity contribution is -0.519. The van der Waals surface area contributed by atoms with Gasteiger partial charge in [0.1, 0.15) is 5.60 Å². The van der Waals surface area contributed by atoms with Crippen molar-refractivity contribution in [2.75, 3.05) is 59.9 Å². The van der Waals surface area contributed by atoms with Crippen LogP contribution in [0.25, 0.3) is 0 Å². The first-order valence-electron chi connectivity index (χ1n) is 10.7. The number of nitrogens with one attached hydrogen (secondary N) is 1. The van der Waals surface area contributed by atoms with Gasteiger partial charge in [0, 0.05) is 53.4 Å². The number of carbonyl (C=O) groups is 4. The highest BCUT2D eigenvalue weighted by molar-refractivity contribution is 6.21. The van der Waals surface area contributed by atoms with Crippen molar-refractivity contribution in [3.8, 4) is 0 Å². The molecule has 0 aliphatic carbocycles. The maximum absolute atomic E-state index is 12.5. The number of hydrogen-bond donors (Lipinski definition) is 1. The zero-order valence-corrected chi connectivity index (χ0v) is 19.3. The Labute approximate surface area is 187 Å². The zero-order chi connectivity index (χ0) is 23.6. The first-order valence-corrected chi connectivity index (χ1v) is 10.7. The van der Waals surface area contributed by atoms with Gasteiger partial charge in [-0.15, -0.1) is 0 Å². The smallest absolute Gasteiger partial charge is 0.410 e. The number of amidine groups is 1. The minimum Gasteiger partial charge on any atom is -0.444 e. The summed E-state index contributed by atoms with van der Waals surface area (Å²) in [4.78, 5) is 59.4. The molecule has 1 N–H and O–H groups in total. The number of hydrogen-bond acceptors (Lipinski definition) is 7. The van der Waals surface area contributed by atoms with Crippen molar-refractivity contribution in [2.45, 2.75) is 32.4 Å². The van der Waals surface area contributed by atoms with Gasteiger partial charge in [-0.3, -0.25) is 24.3 Å². The normalized spacial score (nSPS) is 21.9. The lowest BCUT2D eigenvalue weighted by Gasteiger charge is -2.35. The Balaban J connectivity index is 1.39. The minimum atomic E-state index is -0.769. The topological polar surface area (TPSA) is 118 Å². The van der Waals surface area contributed by atoms with Gasteiger partial charge in [-0.25, -0.2) is 14.2 Å². The maximum atomic E-state index is 12.5. The number of piperazine rings is 1. The van der Waals surface area contributed by atoms with Crippen LogP contribution in [0.2, 0.25) is 0 Å². The number of fused-ring (bicyclic) bond motifs is 1. The molecule has 0 spiro atoms. The second-order valence-corrected chi connectivity index (χ2v) is 9.08. The summed E-state index contributed by atoms with van der Waals surface area (Å²) in [6.07, 6.45) is 1.13. The number of nitrogens with zero attached hydrogens (tertiary/aromatic N) is 6. The standard InChI is InChI=1S/C20H31N7O5/c1-20(2,3)32-19(31)26-10-8-25(9-11-26)7-6-21-14(28)12-27-13-22-16-15(27)17(29)24(5)18(30)23(16)4/h13,15H,6-12H2,1-5H3/p+1. The van der Waals surface area contributed by atoms with Gasteiger partial charge in [0.15, 0.2) is 6.54 Å². The minimum absolute atomic E-state index is 0.0360. The van der Waals surface area contributed by atoms with E-state index in [1.807, 2.05) is 20.8 Å². The molecule has 12 nitrogen and oxygen atoms in total. The first kappa shape index (κ1) is 23.6. The summed E-state index contributed by atoms with van der Waals surface area (Å²) in [6, 6.07) is -1.22. The van der Waals surface area contributed by atoms with Gasteiger partial charge >= 0.3 is 12.1 Å². The van der Waals surface area contributed by atoms with E-state index in [-0.39, 0.29) is 18.5 Å². The molecule has 12 heteroatoms. The second-order valence-electron chi connectivity index (χ2n) is 9.08. The van der Waals surface area contributed by atoms with Crippen LogP contribution in [-0.4, -0.2) is 132 Å². The van der Waals surface area contributed by atoms with Crippen LogP contribution < -0.4 is 5.32 Å². The van der Waals surface area contributed by atoms with Gasteiger partial charge < -0.3 is 15.0 Å². The van der Waals surface area contributed by atoms with Crippen molar-refractivity contribution in [2.24, 2.45) is 4.99 Å². The van der Waals surface area contributed by atoms with Crippen LogP contribution in [0.3, 0.4) is 0 Å². The average Bonchev–Trinajstić information content (AvgIpc) is 3.13. The highest BCUT2D eigenvalue weighted by atomic mass is 16.6. The number of rotatable bonds is 5. The lowest BCUT2D eigenvalue weighted by Crippen LogP contribution is -2.62. The Morgan fingerprint density at radius 1 is 1.16 bits per heavy atom. The van der Waals surface area contributed by atoms with Gasteiger partial charge in [0.25, 0.3) is 30.0 Å². The molecule has 176 valence electrons. The van der Waals surface area contributed by atoms with Crippen molar-refractivity contribution in [3.63, 3.8) is 0 Å². The van der Waals surface area contributed by atoms with Crippen LogP contribution >= 0.6 is 0 Å². The zero-order valence-electron chi connectivity index (χ0n) is 19.3. The highest BCUT2D eigenvalue weighted by Crippen LogP contribution is 2.16. The molecule has 3 heterocycles. The quantitative estimate of drug-likeness (QED) is 0.537. The summed E-state index contributed by atoms with van der Waals surface area (Å²) in [7, 11) is 2.97. The predicted molar refractivity (Wildman–Crippen MR) is 116 cm³/mol. The van der Waals surface area contributed by atoms with E-state index in [1.54, 1.807) is 11.9 Å². The molecular formula is C20H32N7O5+. The summed E-state index contributed by atoms with van der Waals surface area (Å²) in [5.74, 6) is -0.315. The molecule has 3 rings (SSSR count). The molecule has 3 aliphatic rings. The van der Waals surface area contributed by atoms with E-state index in [0.717, 1.165) is 4.90 Å². The van der Waals surface area contributed by atoms with Gasteiger partial charge in [-0.2, -0.15) is 0 Å². The number of imide groups is 1. The molecule has 2 saturated heterocycles. The van der Waals surface area contributed by atoms with Crippen LogP contribution in [0.5, 0.6) is 0 Å². The largest absolute Gasteiger partial charge is 0.444 e. The molecule has 0 aromatic rings. The van der Waals surface area contributed by atoms with E-state index in [2.05, 4.69) is 15.2 Å². The predicted octanol–water partition coefficient (Wildman–Crippen LogP) is -0.999. The van der Waals surface area contributed by atoms with Crippen molar-refractivity contribution >= 4 is 36.1 Å². The number of likely N-dealkylation sites (N-methyl/N-ethyl adjacent to an activating group) is 2. The summed E-state index contributed by atoms with van der Waals surface area (Å²) in [5.41, 5.74) is -0.514. The Hall–Kier alpha value is -3.02. The molecule has 0 saturated carbocycles. The summed E-state index contributed by atoms with van der Waals surface area (Å²) < 4.78 is 6.93. The summed E-state index contributed by atoms with van der Waals surface area (Å²) >= 11 is 0. The Morgan fingerprint density at radius 2 is 1.81 bits per heavy atom. The van der Waals surface area contributed by atoms with Crippen molar-refractivity contribution in [1.82, 2.24) is 24.9 Å². The van der Waals surface area contributed by atoms with Crippen LogP contribution in [0.15, 0.2) is 4.99 Å². The molecule has 1 unspecified atom stereocenters. The molecule has 5 amide bonds. The van der Waals surface area contributed by atoms with Gasteiger partial charge in [0.2, 0.25) is 0 Å². The number of ether oxygens (including phenoxy) is 1. The molecule has 0 aromatic heterocycles. The van der Waals surface area contributed by atoms with Gasteiger partial charge in [-0.1, -0.05) is 0 Å². The molecule has 3 aliphatic heterocycles. The molecule has 0 radical (unpaired) electrons. The number of carbonyl (C=O) groups excluding carboxylic acids is 4. The van der Waals surface area contributed by atoms with E-state index in [0.29, 0.717) is 45.1 Å². The van der Waals surface area contributed by atoms with Crippen molar-refractivity contribution < 1.29 is 28.5 Å². The van der Waals surface area contributed by atoms with E-state index in [4.69, 9.17) is 4.74 Å². The third kappa shape index (κ3) is 5.23. The fraction of sp³-hybridized carbons (Fsp3) is 0.700. The number of amides is 5. The Bertz CT molecular complexity index is 855. The molecule has 1 atom stereocenters. The summed E-state index contributed by atoms with van der Waals surface area (Å²) in [5, 5.41) is 2.86. The molecule has 2 fully saturated rings. The molecular weight excluding hydrogens is 418 g/mol. The SMILES string of the molecule is CN1C(=O)C2C(=NC=[N+]2CC(=O)NCCN2CCN(C(=O)OC(C)(C)C)CC2)N(C)C1=O. The van der Waals surface area contributed by atoms with Crippen molar-refractivity contribution in [3.05, 3.63) is 0 Å². The van der Waals surface area contributed by atoms with Crippen LogP contribution in [0.1, 0.15) is 20.8 Å². The molecule has 32 heavy (non-hydrogen) atoms. The monoisotopic (exact) mass is 450 g/mol. The number of aliphatic imine (C=N–C) groups is 1. The van der Waals surface area contributed by atoms with Gasteiger partial charge in [0.05, 0.1) is 0 Å². The molecule has 0 bridgehead atoms. The van der Waals surface area contributed by atoms with E-state index in [1.165, 1.54) is 22.9 Å². The van der Waals surface area contributed by atoms with E-state index >= 15 is 0 Å². The first-order chi connectivity index (χ1) is 15.0. The average molecular weight is 451 g/mol. The van der Waals surface area contributed by atoms with Crippen LogP contribution in [-0.2, 0) is 14.3 Å². The maximum Gasteiger partial charge on any atom is 0.410 e. The third-order valence-corrected chi connectivity index (χ3v) is 5.50. The van der Waals surface area contributed by atoms with E-state index in [9.17, 15) is 19.2 Å². The van der Waals surface area contributed by atoms with Crippen LogP contribution in [0, 0.1) is 0 Å². The highest BCUT2D eigenvalue weighted by Gasteiger charge is 2.50. The summed E-state index contributed by atoms with van der Waals surface area (Å²) in [6.45, 7) is 9.16. The van der Waals surface area contributed by atoms with Crippen LogP contribution in [0.4, 0.5) is 9.59 Å². The second kappa shape index (κ2) is 9.23. The van der Waals surface area contributed by atoms with Gasteiger partial charge in [-0.05, 0) is 25.8 Å². The Morgan fingerprint density at radius 3 is 2.44 bits per heavy atom. The number of urea groups is 1. The van der Waals surface area contributed by atoms with Crippen molar-refractivity contribution in [1.29, 1.82) is 0 Å². The fourth-order valence-corrected chi connectivity index (χ4v) is 3.73.